The van der Waals surface area contributed by atoms with Gasteiger partial charge in [0.2, 0.25) is 5.91 Å². The van der Waals surface area contributed by atoms with Gasteiger partial charge in [-0.2, -0.15) is 0 Å². The number of ether oxygens (including phenoxy) is 1. The van der Waals surface area contributed by atoms with Crippen molar-refractivity contribution in [2.45, 2.75) is 65.0 Å². The van der Waals surface area contributed by atoms with E-state index in [1.165, 1.54) is 4.90 Å². The van der Waals surface area contributed by atoms with Crippen LogP contribution in [0.15, 0.2) is 36.4 Å². The number of benzene rings is 2. The lowest BCUT2D eigenvalue weighted by Gasteiger charge is -2.38. The Kier molecular flexibility index (Phi) is 6.15. The molecule has 4 rings (SSSR count). The molecule has 2 aliphatic rings. The van der Waals surface area contributed by atoms with Crippen molar-refractivity contribution in [2.75, 3.05) is 16.8 Å². The summed E-state index contributed by atoms with van der Waals surface area (Å²) in [7, 11) is 0. The molecule has 0 bridgehead atoms. The third-order valence-electron chi connectivity index (χ3n) is 6.29. The Hall–Kier alpha value is -3.35. The fraction of sp³-hybridized carbons (Fsp3) is 0.423. The minimum atomic E-state index is -1.12. The van der Waals surface area contributed by atoms with Crippen molar-refractivity contribution in [3.8, 4) is 5.75 Å². The summed E-state index contributed by atoms with van der Waals surface area (Å²) in [5, 5.41) is 5.96. The highest BCUT2D eigenvalue weighted by molar-refractivity contribution is 6.08. The van der Waals surface area contributed by atoms with E-state index in [4.69, 9.17) is 4.74 Å². The molecule has 7 nitrogen and oxygen atoms in total. The molecule has 1 saturated carbocycles. The van der Waals surface area contributed by atoms with E-state index in [0.29, 0.717) is 22.7 Å². The van der Waals surface area contributed by atoms with Gasteiger partial charge in [0.15, 0.2) is 5.60 Å². The van der Waals surface area contributed by atoms with Crippen molar-refractivity contribution in [2.24, 2.45) is 0 Å². The van der Waals surface area contributed by atoms with E-state index in [9.17, 15) is 14.4 Å². The molecular formula is C26H31N3O4. The van der Waals surface area contributed by atoms with Crippen LogP contribution in [0.25, 0.3) is 0 Å². The van der Waals surface area contributed by atoms with E-state index in [1.807, 2.05) is 32.0 Å². The molecule has 7 heteroatoms. The molecule has 1 aliphatic heterocycles. The Morgan fingerprint density at radius 3 is 2.52 bits per heavy atom. The standard InChI is InChI=1S/C26H31N3O4/c1-16-9-11-20(17(2)13-16)28-23(30)15-29-21-14-18(24(31)27-19-7-5-6-8-19)10-12-22(21)33-26(3,4)25(29)32/h9-14,19H,5-8,15H2,1-4H3,(H,27,31)(H,28,30). The monoisotopic (exact) mass is 449 g/mol. The summed E-state index contributed by atoms with van der Waals surface area (Å²) in [6.45, 7) is 7.09. The molecule has 33 heavy (non-hydrogen) atoms. The fourth-order valence-electron chi connectivity index (χ4n) is 4.49. The molecule has 0 spiro atoms. The zero-order valence-corrected chi connectivity index (χ0v) is 19.7. The first-order valence-corrected chi connectivity index (χ1v) is 11.5. The van der Waals surface area contributed by atoms with Crippen molar-refractivity contribution in [1.29, 1.82) is 0 Å². The topological polar surface area (TPSA) is 87.7 Å². The van der Waals surface area contributed by atoms with Gasteiger partial charge in [-0.1, -0.05) is 30.5 Å². The van der Waals surface area contributed by atoms with Gasteiger partial charge < -0.3 is 15.4 Å². The smallest absolute Gasteiger partial charge is 0.271 e. The van der Waals surface area contributed by atoms with Crippen molar-refractivity contribution < 1.29 is 19.1 Å². The lowest BCUT2D eigenvalue weighted by molar-refractivity contribution is -0.133. The SMILES string of the molecule is Cc1ccc(NC(=O)CN2C(=O)C(C)(C)Oc3ccc(C(=O)NC4CCCC4)cc32)c(C)c1. The molecular weight excluding hydrogens is 418 g/mol. The second kappa shape index (κ2) is 8.89. The fourth-order valence-corrected chi connectivity index (χ4v) is 4.49. The normalized spacial score (nSPS) is 17.3. The maximum atomic E-state index is 13.2. The maximum absolute atomic E-state index is 13.2. The predicted molar refractivity (Wildman–Crippen MR) is 128 cm³/mol. The highest BCUT2D eigenvalue weighted by Crippen LogP contribution is 2.38. The number of hydrogen-bond donors (Lipinski definition) is 2. The van der Waals surface area contributed by atoms with Crippen LogP contribution in [0, 0.1) is 13.8 Å². The van der Waals surface area contributed by atoms with Gasteiger partial charge in [-0.15, -0.1) is 0 Å². The Labute approximate surface area is 194 Å². The number of nitrogens with zero attached hydrogens (tertiary/aromatic N) is 1. The second-order valence-corrected chi connectivity index (χ2v) is 9.51. The van der Waals surface area contributed by atoms with Crippen LogP contribution in [0.5, 0.6) is 5.75 Å². The van der Waals surface area contributed by atoms with Crippen LogP contribution in [0.4, 0.5) is 11.4 Å². The Bertz CT molecular complexity index is 1100. The van der Waals surface area contributed by atoms with Gasteiger partial charge in [-0.3, -0.25) is 19.3 Å². The van der Waals surface area contributed by atoms with Gasteiger partial charge in [0, 0.05) is 17.3 Å². The van der Waals surface area contributed by atoms with Crippen molar-refractivity contribution in [3.05, 3.63) is 53.1 Å². The molecule has 1 fully saturated rings. The minimum absolute atomic E-state index is 0.179. The Morgan fingerprint density at radius 2 is 1.82 bits per heavy atom. The average Bonchev–Trinajstić information content (AvgIpc) is 3.26. The van der Waals surface area contributed by atoms with E-state index < -0.39 is 5.60 Å². The third kappa shape index (κ3) is 4.87. The average molecular weight is 450 g/mol. The first-order chi connectivity index (χ1) is 15.6. The molecule has 3 amide bonds. The largest absolute Gasteiger partial charge is 0.476 e. The number of carbonyl (C=O) groups excluding carboxylic acids is 3. The summed E-state index contributed by atoms with van der Waals surface area (Å²) < 4.78 is 5.91. The van der Waals surface area contributed by atoms with Crippen molar-refractivity contribution >= 4 is 29.1 Å². The summed E-state index contributed by atoms with van der Waals surface area (Å²) in [5.41, 5.74) is 2.50. The summed E-state index contributed by atoms with van der Waals surface area (Å²) >= 11 is 0. The van der Waals surface area contributed by atoms with Crippen molar-refractivity contribution in [1.82, 2.24) is 5.32 Å². The molecule has 0 saturated heterocycles. The van der Waals surface area contributed by atoms with E-state index in [2.05, 4.69) is 10.6 Å². The van der Waals surface area contributed by atoms with E-state index in [-0.39, 0.29) is 30.3 Å². The lowest BCUT2D eigenvalue weighted by Crippen LogP contribution is -2.54. The number of hydrogen-bond acceptors (Lipinski definition) is 4. The van der Waals surface area contributed by atoms with E-state index in [0.717, 1.165) is 36.8 Å². The quantitative estimate of drug-likeness (QED) is 0.719. The number of rotatable bonds is 5. The highest BCUT2D eigenvalue weighted by atomic mass is 16.5. The molecule has 0 radical (unpaired) electrons. The predicted octanol–water partition coefficient (Wildman–Crippen LogP) is 4.12. The van der Waals surface area contributed by atoms with E-state index in [1.54, 1.807) is 32.0 Å². The Morgan fingerprint density at radius 1 is 1.09 bits per heavy atom. The van der Waals surface area contributed by atoms with Crippen molar-refractivity contribution in [3.63, 3.8) is 0 Å². The number of amides is 3. The molecule has 2 aromatic carbocycles. The van der Waals surface area contributed by atoms with Crippen LogP contribution >= 0.6 is 0 Å². The molecule has 174 valence electrons. The molecule has 2 aromatic rings. The summed E-state index contributed by atoms with van der Waals surface area (Å²) in [5.74, 6) is -0.364. The number of carbonyl (C=O) groups is 3. The summed E-state index contributed by atoms with van der Waals surface area (Å²) in [6.07, 6.45) is 4.21. The van der Waals surface area contributed by atoms with Crippen LogP contribution in [0.3, 0.4) is 0 Å². The molecule has 0 aromatic heterocycles. The van der Waals surface area contributed by atoms with Crippen LogP contribution in [0.2, 0.25) is 0 Å². The van der Waals surface area contributed by atoms with E-state index >= 15 is 0 Å². The first kappa shape index (κ1) is 22.8. The van der Waals surface area contributed by atoms with Crippen LogP contribution in [-0.2, 0) is 9.59 Å². The van der Waals surface area contributed by atoms with Gasteiger partial charge in [0.1, 0.15) is 12.3 Å². The molecule has 1 heterocycles. The van der Waals surface area contributed by atoms with Gasteiger partial charge in [-0.05, 0) is 70.4 Å². The van der Waals surface area contributed by atoms with Crippen LogP contribution in [-0.4, -0.2) is 35.9 Å². The highest BCUT2D eigenvalue weighted by Gasteiger charge is 2.42. The number of fused-ring (bicyclic) bond motifs is 1. The summed E-state index contributed by atoms with van der Waals surface area (Å²) in [6, 6.07) is 11.0. The molecule has 1 aliphatic carbocycles. The summed E-state index contributed by atoms with van der Waals surface area (Å²) in [4.78, 5) is 40.3. The minimum Gasteiger partial charge on any atom is -0.476 e. The third-order valence-corrected chi connectivity index (χ3v) is 6.29. The molecule has 0 atom stereocenters. The maximum Gasteiger partial charge on any atom is 0.271 e. The van der Waals surface area contributed by atoms with Gasteiger partial charge in [-0.25, -0.2) is 0 Å². The van der Waals surface area contributed by atoms with Gasteiger partial charge in [0.25, 0.3) is 11.8 Å². The number of nitrogens with one attached hydrogen (secondary N) is 2. The second-order valence-electron chi connectivity index (χ2n) is 9.51. The number of anilines is 2. The number of aryl methyl sites for hydroxylation is 2. The first-order valence-electron chi connectivity index (χ1n) is 11.5. The van der Waals surface area contributed by atoms with Crippen LogP contribution in [0.1, 0.15) is 61.0 Å². The molecule has 2 N–H and O–H groups in total. The lowest BCUT2D eigenvalue weighted by atomic mass is 10.0. The van der Waals surface area contributed by atoms with Gasteiger partial charge >= 0.3 is 0 Å². The zero-order valence-electron chi connectivity index (χ0n) is 19.7. The molecule has 0 unspecified atom stereocenters. The Balaban J connectivity index is 1.58. The van der Waals surface area contributed by atoms with Gasteiger partial charge in [0.05, 0.1) is 5.69 Å². The van der Waals surface area contributed by atoms with Crippen LogP contribution < -0.4 is 20.3 Å². The zero-order chi connectivity index (χ0) is 23.8.